The number of aliphatic hydroxyl groups excluding tert-OH is 1. The average Bonchev–Trinajstić information content (AvgIpc) is 2.97. The number of hydrogen-bond acceptors (Lipinski definition) is 5. The molecule has 0 aliphatic heterocycles. The average molecular weight is 334 g/mol. The van der Waals surface area contributed by atoms with Crippen molar-refractivity contribution in [2.24, 2.45) is 0 Å². The minimum atomic E-state index is -0.0407. The summed E-state index contributed by atoms with van der Waals surface area (Å²) >= 11 is 1.74. The highest BCUT2D eigenvalue weighted by Crippen LogP contribution is 2.29. The fourth-order valence-electron chi connectivity index (χ4n) is 2.41. The summed E-state index contributed by atoms with van der Waals surface area (Å²) in [6.45, 7) is 7.37. The van der Waals surface area contributed by atoms with Gasteiger partial charge in [0.05, 0.1) is 24.8 Å². The second-order valence-corrected chi connectivity index (χ2v) is 7.88. The largest absolute Gasteiger partial charge is 0.497 e. The Morgan fingerprint density at radius 2 is 1.91 bits per heavy atom. The van der Waals surface area contributed by atoms with Crippen LogP contribution in [0.15, 0.2) is 30.5 Å². The monoisotopic (exact) mass is 334 g/mol. The van der Waals surface area contributed by atoms with Gasteiger partial charge in [0.25, 0.3) is 0 Å². The first-order valence-corrected chi connectivity index (χ1v) is 8.57. The molecule has 5 heteroatoms. The topological polar surface area (TPSA) is 45.6 Å². The molecular weight excluding hydrogens is 308 g/mol. The molecule has 2 aromatic rings. The zero-order valence-electron chi connectivity index (χ0n) is 14.5. The van der Waals surface area contributed by atoms with Gasteiger partial charge in [0.15, 0.2) is 0 Å². The molecule has 0 amide bonds. The zero-order chi connectivity index (χ0) is 17.0. The molecule has 1 N–H and O–H groups in total. The summed E-state index contributed by atoms with van der Waals surface area (Å²) in [5, 5.41) is 10.9. The molecule has 0 bridgehead atoms. The third kappa shape index (κ3) is 4.53. The first kappa shape index (κ1) is 17.9. The molecule has 0 radical (unpaired) electrons. The predicted octanol–water partition coefficient (Wildman–Crippen LogP) is 3.61. The third-order valence-corrected chi connectivity index (χ3v) is 5.21. The number of thiazole rings is 1. The van der Waals surface area contributed by atoms with Crippen LogP contribution in [-0.4, -0.2) is 35.8 Å². The Morgan fingerprint density at radius 1 is 1.26 bits per heavy atom. The predicted molar refractivity (Wildman–Crippen MR) is 95.1 cm³/mol. The molecule has 0 fully saturated rings. The smallest absolute Gasteiger partial charge is 0.118 e. The Labute approximate surface area is 142 Å². The van der Waals surface area contributed by atoms with Crippen molar-refractivity contribution >= 4 is 11.3 Å². The lowest BCUT2D eigenvalue weighted by Crippen LogP contribution is -2.26. The lowest BCUT2D eigenvalue weighted by Gasteiger charge is -2.26. The van der Waals surface area contributed by atoms with E-state index >= 15 is 0 Å². The molecular formula is C18H26N2O2S. The summed E-state index contributed by atoms with van der Waals surface area (Å²) in [5.41, 5.74) is 1.16. The number of methoxy groups -OCH3 is 1. The minimum Gasteiger partial charge on any atom is -0.497 e. The van der Waals surface area contributed by atoms with Gasteiger partial charge in [-0.15, -0.1) is 11.3 Å². The Morgan fingerprint density at radius 3 is 2.39 bits per heavy atom. The summed E-state index contributed by atoms with van der Waals surface area (Å²) in [5.74, 6) is 0.824. The van der Waals surface area contributed by atoms with E-state index in [9.17, 15) is 5.11 Å². The molecule has 1 aromatic carbocycles. The number of nitrogens with zero attached hydrogens (tertiary/aromatic N) is 2. The van der Waals surface area contributed by atoms with Crippen molar-refractivity contribution in [3.8, 4) is 5.75 Å². The van der Waals surface area contributed by atoms with Gasteiger partial charge < -0.3 is 9.84 Å². The Hall–Kier alpha value is -1.43. The van der Waals surface area contributed by atoms with Gasteiger partial charge in [-0.1, -0.05) is 32.9 Å². The zero-order valence-corrected chi connectivity index (χ0v) is 15.4. The second-order valence-electron chi connectivity index (χ2n) is 6.77. The van der Waals surface area contributed by atoms with Crippen LogP contribution < -0.4 is 4.74 Å². The number of aliphatic hydroxyl groups is 1. The van der Waals surface area contributed by atoms with Gasteiger partial charge >= 0.3 is 0 Å². The van der Waals surface area contributed by atoms with E-state index in [0.29, 0.717) is 0 Å². The van der Waals surface area contributed by atoms with Crippen LogP contribution in [0.3, 0.4) is 0 Å². The molecule has 0 aliphatic carbocycles. The molecule has 126 valence electrons. The maximum Gasteiger partial charge on any atom is 0.118 e. The molecule has 4 nitrogen and oxygen atoms in total. The number of benzene rings is 1. The summed E-state index contributed by atoms with van der Waals surface area (Å²) < 4.78 is 5.19. The van der Waals surface area contributed by atoms with Crippen molar-refractivity contribution in [2.45, 2.75) is 38.8 Å². The quantitative estimate of drug-likeness (QED) is 0.876. The molecule has 0 saturated carbocycles. The van der Waals surface area contributed by atoms with Crippen LogP contribution in [0.5, 0.6) is 5.75 Å². The highest BCUT2D eigenvalue weighted by Gasteiger charge is 2.21. The summed E-state index contributed by atoms with van der Waals surface area (Å²) in [7, 11) is 3.68. The normalized spacial score (nSPS) is 13.3. The van der Waals surface area contributed by atoms with Crippen molar-refractivity contribution in [1.29, 1.82) is 0 Å². The van der Waals surface area contributed by atoms with Gasteiger partial charge in [-0.05, 0) is 24.7 Å². The van der Waals surface area contributed by atoms with Gasteiger partial charge in [-0.3, -0.25) is 4.90 Å². The fraction of sp³-hybridized carbons (Fsp3) is 0.500. The lowest BCUT2D eigenvalue weighted by atomic mass is 9.98. The highest BCUT2D eigenvalue weighted by atomic mass is 32.1. The van der Waals surface area contributed by atoms with E-state index in [-0.39, 0.29) is 18.1 Å². The Kier molecular flexibility index (Phi) is 5.79. The van der Waals surface area contributed by atoms with E-state index in [2.05, 4.69) is 30.7 Å². The minimum absolute atomic E-state index is 0.0407. The maximum absolute atomic E-state index is 9.80. The van der Waals surface area contributed by atoms with Crippen LogP contribution in [0, 0.1) is 0 Å². The number of likely N-dealkylation sites (N-methyl/N-ethyl adjacent to an activating group) is 1. The number of aromatic nitrogens is 1. The van der Waals surface area contributed by atoms with E-state index < -0.39 is 0 Å². The summed E-state index contributed by atoms with van der Waals surface area (Å²) in [6.07, 6.45) is 1.95. The fourth-order valence-corrected chi connectivity index (χ4v) is 3.44. The van der Waals surface area contributed by atoms with Crippen molar-refractivity contribution in [3.63, 3.8) is 0 Å². The van der Waals surface area contributed by atoms with Gasteiger partial charge in [0.2, 0.25) is 0 Å². The molecule has 0 aliphatic rings. The van der Waals surface area contributed by atoms with Crippen molar-refractivity contribution in [3.05, 3.63) is 45.9 Å². The molecule has 23 heavy (non-hydrogen) atoms. The van der Waals surface area contributed by atoms with Gasteiger partial charge in [0, 0.05) is 23.0 Å². The lowest BCUT2D eigenvalue weighted by molar-refractivity contribution is 0.143. The van der Waals surface area contributed by atoms with Crippen LogP contribution in [0.4, 0.5) is 0 Å². The second kappa shape index (κ2) is 7.43. The van der Waals surface area contributed by atoms with Crippen molar-refractivity contribution in [1.82, 2.24) is 9.88 Å². The molecule has 1 heterocycles. The van der Waals surface area contributed by atoms with Crippen LogP contribution in [0.1, 0.15) is 42.3 Å². The van der Waals surface area contributed by atoms with E-state index in [1.165, 1.54) is 4.88 Å². The van der Waals surface area contributed by atoms with Gasteiger partial charge in [0.1, 0.15) is 5.75 Å². The summed E-state index contributed by atoms with van der Waals surface area (Å²) in [6, 6.07) is 7.82. The van der Waals surface area contributed by atoms with E-state index in [4.69, 9.17) is 4.74 Å². The van der Waals surface area contributed by atoms with Crippen molar-refractivity contribution < 1.29 is 9.84 Å². The third-order valence-electron chi connectivity index (χ3n) is 3.81. The first-order valence-electron chi connectivity index (χ1n) is 7.75. The van der Waals surface area contributed by atoms with Crippen LogP contribution >= 0.6 is 11.3 Å². The van der Waals surface area contributed by atoms with E-state index in [1.54, 1.807) is 18.4 Å². The van der Waals surface area contributed by atoms with Crippen molar-refractivity contribution in [2.75, 3.05) is 20.8 Å². The van der Waals surface area contributed by atoms with E-state index in [1.807, 2.05) is 37.5 Å². The maximum atomic E-state index is 9.80. The summed E-state index contributed by atoms with van der Waals surface area (Å²) in [4.78, 5) is 7.90. The number of hydrogen-bond donors (Lipinski definition) is 1. The first-order chi connectivity index (χ1) is 10.8. The molecule has 2 rings (SSSR count). The van der Waals surface area contributed by atoms with Gasteiger partial charge in [-0.25, -0.2) is 4.98 Å². The number of ether oxygens (including phenoxy) is 1. The Bertz CT molecular complexity index is 617. The molecule has 0 spiro atoms. The molecule has 0 saturated heterocycles. The van der Waals surface area contributed by atoms with E-state index in [0.717, 1.165) is 22.9 Å². The molecule has 1 atom stereocenters. The van der Waals surface area contributed by atoms with Crippen LogP contribution in [0.25, 0.3) is 0 Å². The SMILES string of the molecule is COc1ccc(C(CO)N(C)Cc2cnc(C(C)(C)C)s2)cc1. The van der Waals surface area contributed by atoms with Crippen LogP contribution in [0.2, 0.25) is 0 Å². The highest BCUT2D eigenvalue weighted by molar-refractivity contribution is 7.11. The molecule has 1 unspecified atom stereocenters. The molecule has 1 aromatic heterocycles. The Balaban J connectivity index is 2.10. The van der Waals surface area contributed by atoms with Gasteiger partial charge in [-0.2, -0.15) is 0 Å². The van der Waals surface area contributed by atoms with Crippen LogP contribution in [-0.2, 0) is 12.0 Å². The standard InChI is InChI=1S/C18H26N2O2S/c1-18(2,3)17-19-10-15(23-17)11-20(4)16(12-21)13-6-8-14(22-5)9-7-13/h6-10,16,21H,11-12H2,1-5H3. The number of rotatable bonds is 6.